The van der Waals surface area contributed by atoms with Crippen LogP contribution in [0.2, 0.25) is 0 Å². The van der Waals surface area contributed by atoms with Gasteiger partial charge in [0.25, 0.3) is 17.4 Å². The van der Waals surface area contributed by atoms with E-state index in [9.17, 15) is 29.4 Å². The third-order valence-electron chi connectivity index (χ3n) is 10.6. The van der Waals surface area contributed by atoms with E-state index in [1.54, 1.807) is 60.7 Å². The Kier molecular flexibility index (Phi) is 12.7. The van der Waals surface area contributed by atoms with Gasteiger partial charge in [-0.3, -0.25) is 14.5 Å². The van der Waals surface area contributed by atoms with Crippen LogP contribution in [0.3, 0.4) is 0 Å². The molecule has 0 radical (unpaired) electrons. The second-order valence-corrected chi connectivity index (χ2v) is 16.7. The van der Waals surface area contributed by atoms with Crippen LogP contribution < -0.4 is 11.1 Å². The molecule has 6 aromatic rings. The molecule has 324 valence electrons. The average molecular weight is 916 g/mol. The molecule has 0 aliphatic carbocycles. The monoisotopic (exact) mass is 915 g/mol. The van der Waals surface area contributed by atoms with E-state index in [0.29, 0.717) is 11.1 Å². The zero-order valence-electron chi connectivity index (χ0n) is 33.8. The van der Waals surface area contributed by atoms with Gasteiger partial charge in [0.1, 0.15) is 22.8 Å². The minimum absolute atomic E-state index is 0.000154. The molecular formula is C47H38ClN5O9S2. The van der Waals surface area contributed by atoms with E-state index >= 15 is 0 Å². The number of fused-ring (bicyclic) bond motifs is 1. The molecule has 3 unspecified atom stereocenters. The highest BCUT2D eigenvalue weighted by atomic mass is 35.5. The first-order valence-corrected chi connectivity index (χ1v) is 22.1. The summed E-state index contributed by atoms with van der Waals surface area (Å²) in [5, 5.41) is 29.9. The number of amides is 2. The fourth-order valence-corrected chi connectivity index (χ4v) is 9.78. The summed E-state index contributed by atoms with van der Waals surface area (Å²) < 4.78 is 11.5. The van der Waals surface area contributed by atoms with Gasteiger partial charge in [-0.25, -0.2) is 14.6 Å². The minimum atomic E-state index is -2.34. The number of carbonyl (C=O) groups excluding carboxylic acids is 4. The number of nitrogens with one attached hydrogen (secondary N) is 1. The predicted molar refractivity (Wildman–Crippen MR) is 242 cm³/mol. The molecule has 8 rings (SSSR count). The number of aromatic hydroxyl groups is 2. The molecule has 1 saturated heterocycles. The van der Waals surface area contributed by atoms with Crippen molar-refractivity contribution in [1.29, 1.82) is 0 Å². The smallest absolute Gasteiger partial charge is 0.362 e. The summed E-state index contributed by atoms with van der Waals surface area (Å²) in [5.41, 5.74) is 5.66. The van der Waals surface area contributed by atoms with Crippen molar-refractivity contribution in [3.8, 4) is 22.6 Å². The summed E-state index contributed by atoms with van der Waals surface area (Å²) in [6.45, 7) is 0. The first kappa shape index (κ1) is 43.5. The molecule has 2 aliphatic heterocycles. The van der Waals surface area contributed by atoms with E-state index in [-0.39, 0.29) is 44.8 Å². The third kappa shape index (κ3) is 8.14. The van der Waals surface area contributed by atoms with Gasteiger partial charge in [-0.05, 0) is 34.4 Å². The minimum Gasteiger partial charge on any atom is -0.504 e. The van der Waals surface area contributed by atoms with Gasteiger partial charge in [-0.2, -0.15) is 0 Å². The van der Waals surface area contributed by atoms with Crippen LogP contribution in [0.5, 0.6) is 11.5 Å². The molecule has 5 N–H and O–H groups in total. The standard InChI is InChI=1S/C47H38ClN5O9S2/c1-60-45(59)47(31-20-12-5-13-21-31,32-22-23-34(54)39(55)35(32)27-14-6-2-7-15-27)62-52-36(33-26-64-46(49)50-33)41(56)51-37-42(57)53-38(30(24-48)25-63-43(37)53)44(58)61-40(28-16-8-3-9-17-28)29-18-10-4-11-19-29/h2-23,26,37,40,43,54-55H,24-25H2,1H3,(H2,49,50)(H,51,56)/b52-36-. The number of hydrogen-bond donors (Lipinski definition) is 4. The highest BCUT2D eigenvalue weighted by Crippen LogP contribution is 2.48. The van der Waals surface area contributed by atoms with E-state index in [4.69, 9.17) is 31.6 Å². The van der Waals surface area contributed by atoms with E-state index in [1.165, 1.54) is 34.2 Å². The summed E-state index contributed by atoms with van der Waals surface area (Å²) in [6.07, 6.45) is -0.800. The average Bonchev–Trinajstić information content (AvgIpc) is 3.77. The van der Waals surface area contributed by atoms with Gasteiger partial charge in [-0.1, -0.05) is 126 Å². The number of aromatic nitrogens is 1. The van der Waals surface area contributed by atoms with Crippen LogP contribution in [0.1, 0.15) is 34.1 Å². The van der Waals surface area contributed by atoms with Crippen LogP contribution in [0, 0.1) is 0 Å². The number of thioether (sulfide) groups is 1. The first-order valence-electron chi connectivity index (χ1n) is 19.6. The number of nitrogens with zero attached hydrogens (tertiary/aromatic N) is 3. The van der Waals surface area contributed by atoms with Gasteiger partial charge >= 0.3 is 11.9 Å². The number of esters is 2. The number of hydrogen-bond acceptors (Lipinski definition) is 14. The summed E-state index contributed by atoms with van der Waals surface area (Å²) >= 11 is 8.67. The number of β-lactam (4-membered cyclic amide) rings is 1. The lowest BCUT2D eigenvalue weighted by Crippen LogP contribution is -2.71. The van der Waals surface area contributed by atoms with Gasteiger partial charge in [0.15, 0.2) is 28.4 Å². The number of carbonyl (C=O) groups is 4. The first-order chi connectivity index (χ1) is 31.1. The molecule has 2 amide bonds. The molecule has 5 aromatic carbocycles. The summed E-state index contributed by atoms with van der Waals surface area (Å²) in [5.74, 6) is -4.16. The number of rotatable bonds is 14. The van der Waals surface area contributed by atoms with Crippen molar-refractivity contribution in [2.24, 2.45) is 5.16 Å². The number of alkyl halides is 1. The Morgan fingerprint density at radius 2 is 1.53 bits per heavy atom. The Bertz CT molecular complexity index is 2740. The quantitative estimate of drug-likeness (QED) is 0.0221. The largest absolute Gasteiger partial charge is 0.504 e. The van der Waals surface area contributed by atoms with Crippen LogP contribution in [0.15, 0.2) is 155 Å². The fraction of sp³-hybridized carbons (Fsp3) is 0.149. The van der Waals surface area contributed by atoms with Gasteiger partial charge < -0.3 is 35.6 Å². The molecule has 1 fully saturated rings. The lowest BCUT2D eigenvalue weighted by molar-refractivity contribution is -0.165. The summed E-state index contributed by atoms with van der Waals surface area (Å²) in [6, 6.07) is 36.4. The lowest BCUT2D eigenvalue weighted by Gasteiger charge is -2.49. The lowest BCUT2D eigenvalue weighted by atomic mass is 9.81. The molecular weight excluding hydrogens is 878 g/mol. The van der Waals surface area contributed by atoms with E-state index in [2.05, 4.69) is 15.5 Å². The number of anilines is 1. The number of nitrogen functional groups attached to an aromatic ring is 1. The van der Waals surface area contributed by atoms with Crippen molar-refractivity contribution in [1.82, 2.24) is 15.2 Å². The van der Waals surface area contributed by atoms with Gasteiger partial charge in [-0.15, -0.1) is 34.7 Å². The second kappa shape index (κ2) is 18.7. The maximum absolute atomic E-state index is 14.5. The van der Waals surface area contributed by atoms with Crippen LogP contribution in [0.25, 0.3) is 11.1 Å². The van der Waals surface area contributed by atoms with Gasteiger partial charge in [0.2, 0.25) is 0 Å². The number of methoxy groups -OCH3 is 1. The van der Waals surface area contributed by atoms with Crippen molar-refractivity contribution >= 4 is 69.3 Å². The maximum Gasteiger partial charge on any atom is 0.362 e. The molecule has 3 atom stereocenters. The van der Waals surface area contributed by atoms with E-state index < -0.39 is 64.1 Å². The van der Waals surface area contributed by atoms with Gasteiger partial charge in [0.05, 0.1) is 7.11 Å². The summed E-state index contributed by atoms with van der Waals surface area (Å²) in [4.78, 5) is 69.0. The van der Waals surface area contributed by atoms with Crippen molar-refractivity contribution < 1.29 is 43.7 Å². The molecule has 64 heavy (non-hydrogen) atoms. The highest BCUT2D eigenvalue weighted by molar-refractivity contribution is 8.00. The van der Waals surface area contributed by atoms with Crippen molar-refractivity contribution in [2.45, 2.75) is 23.1 Å². The SMILES string of the molecule is COC(=O)C(O/N=C(\C(=O)NC1C(=O)N2C(C(=O)OC(c3ccccc3)c3ccccc3)=C(CCl)CSC12)c1csc(N)n1)(c1ccccc1)c1ccc(O)c(O)c1-c1ccccc1. The Labute approximate surface area is 379 Å². The summed E-state index contributed by atoms with van der Waals surface area (Å²) in [7, 11) is 1.14. The number of nitrogens with two attached hydrogens (primary N) is 1. The normalized spacial score (nSPS) is 16.9. The molecule has 17 heteroatoms. The molecule has 14 nitrogen and oxygen atoms in total. The molecule has 2 aliphatic rings. The van der Waals surface area contributed by atoms with Crippen molar-refractivity contribution in [3.05, 3.63) is 178 Å². The Hall–Kier alpha value is -7.14. The van der Waals surface area contributed by atoms with E-state index in [1.807, 2.05) is 60.7 Å². The number of oxime groups is 1. The molecule has 3 heterocycles. The fourth-order valence-electron chi connectivity index (χ4n) is 7.56. The Morgan fingerprint density at radius 1 is 0.922 bits per heavy atom. The number of halogens is 1. The Balaban J connectivity index is 1.14. The second-order valence-electron chi connectivity index (χ2n) is 14.4. The van der Waals surface area contributed by atoms with Gasteiger partial charge in [0, 0.05) is 33.7 Å². The highest BCUT2D eigenvalue weighted by Gasteiger charge is 2.55. The molecule has 1 aromatic heterocycles. The number of thiazole rings is 1. The van der Waals surface area contributed by atoms with Crippen LogP contribution >= 0.6 is 34.7 Å². The Morgan fingerprint density at radius 3 is 2.11 bits per heavy atom. The third-order valence-corrected chi connectivity index (χ3v) is 13.0. The number of ether oxygens (including phenoxy) is 2. The molecule has 0 saturated carbocycles. The zero-order chi connectivity index (χ0) is 45.0. The van der Waals surface area contributed by atoms with Crippen LogP contribution in [-0.4, -0.2) is 79.7 Å². The zero-order valence-corrected chi connectivity index (χ0v) is 36.2. The molecule has 0 bridgehead atoms. The van der Waals surface area contributed by atoms with Crippen LogP contribution in [0.4, 0.5) is 5.13 Å². The topological polar surface area (TPSA) is 203 Å². The van der Waals surface area contributed by atoms with E-state index in [0.717, 1.165) is 29.6 Å². The maximum atomic E-state index is 14.5. The number of phenols is 2. The van der Waals surface area contributed by atoms with Crippen molar-refractivity contribution in [2.75, 3.05) is 24.5 Å². The number of phenolic OH excluding ortho intramolecular Hbond substituents is 2. The predicted octanol–water partition coefficient (Wildman–Crippen LogP) is 6.87. The number of benzene rings is 5. The molecule has 0 spiro atoms. The van der Waals surface area contributed by atoms with Crippen LogP contribution in [-0.2, 0) is 39.1 Å². The van der Waals surface area contributed by atoms with Crippen molar-refractivity contribution in [3.63, 3.8) is 0 Å².